The van der Waals surface area contributed by atoms with Gasteiger partial charge in [0.15, 0.2) is 0 Å². The van der Waals surface area contributed by atoms with Gasteiger partial charge in [-0.15, -0.1) is 11.3 Å². The number of aryl methyl sites for hydroxylation is 1. The van der Waals surface area contributed by atoms with E-state index < -0.39 is 0 Å². The Kier molecular flexibility index (Phi) is 8.07. The summed E-state index contributed by atoms with van der Waals surface area (Å²) in [6.07, 6.45) is 2.37. The average Bonchev–Trinajstić information content (AvgIpc) is 3.36. The molecule has 5 heteroatoms. The maximum absolute atomic E-state index is 13.9. The number of benzene rings is 2. The molecule has 0 N–H and O–H groups in total. The maximum atomic E-state index is 13.9. The van der Waals surface area contributed by atoms with Gasteiger partial charge in [0.2, 0.25) is 11.8 Å². The summed E-state index contributed by atoms with van der Waals surface area (Å²) in [6, 6.07) is 20.5. The van der Waals surface area contributed by atoms with Crippen molar-refractivity contribution in [3.05, 3.63) is 93.2 Å². The molecule has 1 aliphatic heterocycles. The number of nitrogens with zero attached hydrogens (tertiary/aromatic N) is 2. The van der Waals surface area contributed by atoms with Crippen molar-refractivity contribution < 1.29 is 9.59 Å². The standard InChI is InChI=1S/C30H36N2O2S/c1-5-22(4)32(30(34)25(6-2)23-10-8-7-9-11-23)20-28(33)31-18-16-27-26(17-19-35-27)29(31)24-14-12-21(3)13-15-24/h7-15,17,19,22,25,29H,5-6,16,18,20H2,1-4H3. The summed E-state index contributed by atoms with van der Waals surface area (Å²) >= 11 is 1.77. The fourth-order valence-electron chi connectivity index (χ4n) is 5.04. The first-order chi connectivity index (χ1) is 16.9. The Hall–Kier alpha value is -2.92. The smallest absolute Gasteiger partial charge is 0.243 e. The minimum atomic E-state index is -0.240. The number of hydrogen-bond donors (Lipinski definition) is 0. The lowest BCUT2D eigenvalue weighted by atomic mass is 9.92. The van der Waals surface area contributed by atoms with Crippen LogP contribution in [0.15, 0.2) is 66.0 Å². The van der Waals surface area contributed by atoms with E-state index in [1.54, 1.807) is 11.3 Å². The predicted molar refractivity (Wildman–Crippen MR) is 144 cm³/mol. The zero-order chi connectivity index (χ0) is 24.9. The molecule has 0 bridgehead atoms. The van der Waals surface area contributed by atoms with Crippen molar-refractivity contribution in [1.29, 1.82) is 0 Å². The van der Waals surface area contributed by atoms with E-state index >= 15 is 0 Å². The van der Waals surface area contributed by atoms with Gasteiger partial charge >= 0.3 is 0 Å². The van der Waals surface area contributed by atoms with Crippen molar-refractivity contribution in [3.63, 3.8) is 0 Å². The van der Waals surface area contributed by atoms with Gasteiger partial charge in [-0.2, -0.15) is 0 Å². The van der Waals surface area contributed by atoms with E-state index in [1.165, 1.54) is 16.0 Å². The molecule has 0 spiro atoms. The van der Waals surface area contributed by atoms with Crippen LogP contribution in [-0.4, -0.2) is 40.7 Å². The van der Waals surface area contributed by atoms with Crippen LogP contribution < -0.4 is 0 Å². The van der Waals surface area contributed by atoms with Crippen LogP contribution in [0.1, 0.15) is 72.7 Å². The molecule has 35 heavy (non-hydrogen) atoms. The molecule has 0 aliphatic carbocycles. The van der Waals surface area contributed by atoms with Crippen LogP contribution in [-0.2, 0) is 16.0 Å². The van der Waals surface area contributed by atoms with E-state index in [0.29, 0.717) is 13.0 Å². The lowest BCUT2D eigenvalue weighted by Crippen LogP contribution is -2.50. The Morgan fingerprint density at radius 2 is 1.74 bits per heavy atom. The summed E-state index contributed by atoms with van der Waals surface area (Å²) in [7, 11) is 0. The SMILES string of the molecule is CCC(C(=O)N(CC(=O)N1CCc2sccc2C1c1ccc(C)cc1)C(C)CC)c1ccccc1. The Morgan fingerprint density at radius 3 is 2.40 bits per heavy atom. The fraction of sp³-hybridized carbons (Fsp3) is 0.400. The van der Waals surface area contributed by atoms with Gasteiger partial charge in [0.05, 0.1) is 12.0 Å². The highest BCUT2D eigenvalue weighted by Crippen LogP contribution is 2.38. The molecule has 0 saturated heterocycles. The number of fused-ring (bicyclic) bond motifs is 1. The minimum absolute atomic E-state index is 0.0106. The van der Waals surface area contributed by atoms with Gasteiger partial charge in [0.25, 0.3) is 0 Å². The highest BCUT2D eigenvalue weighted by Gasteiger charge is 2.35. The molecule has 3 aromatic rings. The van der Waals surface area contributed by atoms with Crippen molar-refractivity contribution in [2.75, 3.05) is 13.1 Å². The summed E-state index contributed by atoms with van der Waals surface area (Å²) in [5, 5.41) is 2.13. The van der Waals surface area contributed by atoms with E-state index in [0.717, 1.165) is 24.0 Å². The Labute approximate surface area is 213 Å². The van der Waals surface area contributed by atoms with Crippen molar-refractivity contribution in [2.24, 2.45) is 0 Å². The second-order valence-corrected chi connectivity index (χ2v) is 10.5. The molecule has 3 atom stereocenters. The Morgan fingerprint density at radius 1 is 1.03 bits per heavy atom. The number of thiophene rings is 1. The number of carbonyl (C=O) groups excluding carboxylic acids is 2. The van der Waals surface area contributed by atoms with Gasteiger partial charge in [-0.05, 0) is 61.2 Å². The molecule has 0 radical (unpaired) electrons. The summed E-state index contributed by atoms with van der Waals surface area (Å²) < 4.78 is 0. The molecular formula is C30H36N2O2S. The van der Waals surface area contributed by atoms with E-state index in [1.807, 2.05) is 54.0 Å². The normalized spacial score (nSPS) is 16.9. The number of hydrogen-bond acceptors (Lipinski definition) is 3. The van der Waals surface area contributed by atoms with Crippen molar-refractivity contribution in [3.8, 4) is 0 Å². The maximum Gasteiger partial charge on any atom is 0.243 e. The van der Waals surface area contributed by atoms with E-state index in [2.05, 4.69) is 49.6 Å². The van der Waals surface area contributed by atoms with Gasteiger partial charge in [0.1, 0.15) is 6.54 Å². The van der Waals surface area contributed by atoms with Crippen molar-refractivity contribution >= 4 is 23.2 Å². The van der Waals surface area contributed by atoms with Gasteiger partial charge in [-0.25, -0.2) is 0 Å². The van der Waals surface area contributed by atoms with E-state index in [9.17, 15) is 9.59 Å². The monoisotopic (exact) mass is 488 g/mol. The molecule has 0 saturated carbocycles. The Balaban J connectivity index is 1.62. The number of carbonyl (C=O) groups is 2. The van der Waals surface area contributed by atoms with Crippen molar-refractivity contribution in [2.45, 2.75) is 65.0 Å². The third-order valence-electron chi connectivity index (χ3n) is 7.30. The van der Waals surface area contributed by atoms with Gasteiger partial charge in [-0.3, -0.25) is 9.59 Å². The minimum Gasteiger partial charge on any atom is -0.330 e. The van der Waals surface area contributed by atoms with Gasteiger partial charge < -0.3 is 9.80 Å². The zero-order valence-electron chi connectivity index (χ0n) is 21.2. The summed E-state index contributed by atoms with van der Waals surface area (Å²) in [6.45, 7) is 9.03. The first-order valence-electron chi connectivity index (χ1n) is 12.7. The molecule has 2 amide bonds. The van der Waals surface area contributed by atoms with Crippen LogP contribution in [0.2, 0.25) is 0 Å². The molecule has 2 aromatic carbocycles. The molecule has 0 fully saturated rings. The molecule has 1 aromatic heterocycles. The van der Waals surface area contributed by atoms with Gasteiger partial charge in [-0.1, -0.05) is 74.0 Å². The molecule has 184 valence electrons. The van der Waals surface area contributed by atoms with Crippen LogP contribution in [0, 0.1) is 6.92 Å². The molecular weight excluding hydrogens is 452 g/mol. The first-order valence-corrected chi connectivity index (χ1v) is 13.6. The molecule has 4 rings (SSSR count). The topological polar surface area (TPSA) is 40.6 Å². The Bertz CT molecular complexity index is 1140. The molecule has 4 nitrogen and oxygen atoms in total. The summed E-state index contributed by atoms with van der Waals surface area (Å²) in [5.41, 5.74) is 4.56. The zero-order valence-corrected chi connectivity index (χ0v) is 22.1. The summed E-state index contributed by atoms with van der Waals surface area (Å²) in [5.74, 6) is -0.179. The van der Waals surface area contributed by atoms with Crippen molar-refractivity contribution in [1.82, 2.24) is 9.80 Å². The van der Waals surface area contributed by atoms with E-state index in [-0.39, 0.29) is 36.4 Å². The highest BCUT2D eigenvalue weighted by molar-refractivity contribution is 7.10. The summed E-state index contributed by atoms with van der Waals surface area (Å²) in [4.78, 5) is 32.9. The molecule has 3 unspecified atom stereocenters. The largest absolute Gasteiger partial charge is 0.330 e. The molecule has 1 aliphatic rings. The average molecular weight is 489 g/mol. The second-order valence-electron chi connectivity index (χ2n) is 9.54. The first kappa shape index (κ1) is 25.2. The fourth-order valence-corrected chi connectivity index (χ4v) is 5.94. The van der Waals surface area contributed by atoms with Crippen LogP contribution in [0.5, 0.6) is 0 Å². The predicted octanol–water partition coefficient (Wildman–Crippen LogP) is 6.35. The third-order valence-corrected chi connectivity index (χ3v) is 8.30. The van der Waals surface area contributed by atoms with Crippen LogP contribution in [0.4, 0.5) is 0 Å². The number of amides is 2. The van der Waals surface area contributed by atoms with Crippen LogP contribution in [0.3, 0.4) is 0 Å². The highest BCUT2D eigenvalue weighted by atomic mass is 32.1. The molecule has 2 heterocycles. The third kappa shape index (κ3) is 5.35. The lowest BCUT2D eigenvalue weighted by molar-refractivity contribution is -0.144. The van der Waals surface area contributed by atoms with Gasteiger partial charge in [0, 0.05) is 17.5 Å². The van der Waals surface area contributed by atoms with E-state index in [4.69, 9.17) is 0 Å². The second kappa shape index (κ2) is 11.2. The van der Waals surface area contributed by atoms with Crippen LogP contribution >= 0.6 is 11.3 Å². The quantitative estimate of drug-likeness (QED) is 0.371. The van der Waals surface area contributed by atoms with Crippen LogP contribution in [0.25, 0.3) is 0 Å². The number of rotatable bonds is 8. The lowest BCUT2D eigenvalue weighted by Gasteiger charge is -2.39.